The van der Waals surface area contributed by atoms with Gasteiger partial charge in [0.25, 0.3) is 0 Å². The van der Waals surface area contributed by atoms with Gasteiger partial charge in [-0.1, -0.05) is 0 Å². The molecule has 5 nitrogen and oxygen atoms in total. The highest BCUT2D eigenvalue weighted by Crippen LogP contribution is 2.37. The highest BCUT2D eigenvalue weighted by molar-refractivity contribution is 5.87. The normalized spacial score (nSPS) is 10.8. The van der Waals surface area contributed by atoms with E-state index in [0.29, 0.717) is 5.82 Å². The molecule has 0 aliphatic rings. The van der Waals surface area contributed by atoms with Crippen molar-refractivity contribution in [1.82, 2.24) is 14.8 Å². The van der Waals surface area contributed by atoms with Crippen LogP contribution in [-0.4, -0.2) is 14.8 Å². The number of nitrogens with two attached hydrogens (primary N) is 1. The standard InChI is InChI=1S/C14H14N4O/c1-9-5-8-19-13(9)12-11(14(15)18(2)17-12)10-3-6-16-7-4-10/h3-8H,15H2,1-2H3. The van der Waals surface area contributed by atoms with Gasteiger partial charge in [-0.15, -0.1) is 0 Å². The van der Waals surface area contributed by atoms with E-state index >= 15 is 0 Å². The highest BCUT2D eigenvalue weighted by atomic mass is 16.3. The van der Waals surface area contributed by atoms with E-state index in [9.17, 15) is 0 Å². The summed E-state index contributed by atoms with van der Waals surface area (Å²) in [6.45, 7) is 1.99. The predicted octanol–water partition coefficient (Wildman–Crippen LogP) is 2.63. The second-order valence-electron chi connectivity index (χ2n) is 4.40. The molecule has 0 atom stereocenters. The number of aromatic nitrogens is 3. The second-order valence-corrected chi connectivity index (χ2v) is 4.40. The fourth-order valence-corrected chi connectivity index (χ4v) is 2.11. The zero-order valence-corrected chi connectivity index (χ0v) is 10.8. The van der Waals surface area contributed by atoms with Crippen LogP contribution in [-0.2, 0) is 7.05 Å². The van der Waals surface area contributed by atoms with Gasteiger partial charge in [0.2, 0.25) is 0 Å². The zero-order valence-electron chi connectivity index (χ0n) is 10.8. The SMILES string of the molecule is Cc1ccoc1-c1nn(C)c(N)c1-c1ccncc1. The van der Waals surface area contributed by atoms with E-state index in [4.69, 9.17) is 10.2 Å². The number of anilines is 1. The van der Waals surface area contributed by atoms with Crippen LogP contribution in [0.4, 0.5) is 5.82 Å². The summed E-state index contributed by atoms with van der Waals surface area (Å²) in [5.74, 6) is 1.36. The Balaban J connectivity index is 2.28. The third kappa shape index (κ3) is 1.79. The molecule has 3 heterocycles. The fourth-order valence-electron chi connectivity index (χ4n) is 2.11. The van der Waals surface area contributed by atoms with Crippen LogP contribution in [0.3, 0.4) is 0 Å². The van der Waals surface area contributed by atoms with Crippen molar-refractivity contribution in [3.8, 4) is 22.6 Å². The summed E-state index contributed by atoms with van der Waals surface area (Å²) in [4.78, 5) is 4.03. The van der Waals surface area contributed by atoms with Gasteiger partial charge in [-0.05, 0) is 36.2 Å². The van der Waals surface area contributed by atoms with Crippen LogP contribution in [0.5, 0.6) is 0 Å². The maximum atomic E-state index is 6.13. The molecule has 0 amide bonds. The molecule has 0 radical (unpaired) electrons. The monoisotopic (exact) mass is 254 g/mol. The van der Waals surface area contributed by atoms with Gasteiger partial charge in [0.05, 0.1) is 11.8 Å². The Morgan fingerprint density at radius 3 is 2.58 bits per heavy atom. The molecule has 0 unspecified atom stereocenters. The van der Waals surface area contributed by atoms with Crippen molar-refractivity contribution in [1.29, 1.82) is 0 Å². The molecule has 0 saturated heterocycles. The van der Waals surface area contributed by atoms with E-state index in [1.165, 1.54) is 0 Å². The first-order chi connectivity index (χ1) is 9.18. The average molecular weight is 254 g/mol. The second kappa shape index (κ2) is 4.28. The lowest BCUT2D eigenvalue weighted by Crippen LogP contribution is -1.97. The summed E-state index contributed by atoms with van der Waals surface area (Å²) in [6, 6.07) is 5.74. The van der Waals surface area contributed by atoms with Crippen LogP contribution in [0.2, 0.25) is 0 Å². The lowest BCUT2D eigenvalue weighted by atomic mass is 10.0. The Hall–Kier alpha value is -2.56. The minimum atomic E-state index is 0.608. The summed E-state index contributed by atoms with van der Waals surface area (Å²) < 4.78 is 7.19. The topological polar surface area (TPSA) is 69.9 Å². The average Bonchev–Trinajstić information content (AvgIpc) is 2.96. The van der Waals surface area contributed by atoms with E-state index < -0.39 is 0 Å². The third-order valence-corrected chi connectivity index (χ3v) is 3.14. The summed E-state index contributed by atoms with van der Waals surface area (Å²) in [6.07, 6.45) is 5.13. The molecule has 3 aromatic heterocycles. The van der Waals surface area contributed by atoms with Crippen LogP contribution >= 0.6 is 0 Å². The van der Waals surface area contributed by atoms with E-state index in [0.717, 1.165) is 28.1 Å². The van der Waals surface area contributed by atoms with Gasteiger partial charge in [-0.3, -0.25) is 9.67 Å². The Morgan fingerprint density at radius 1 is 1.21 bits per heavy atom. The van der Waals surface area contributed by atoms with Crippen molar-refractivity contribution >= 4 is 5.82 Å². The summed E-state index contributed by atoms with van der Waals surface area (Å²) >= 11 is 0. The number of rotatable bonds is 2. The minimum absolute atomic E-state index is 0.608. The molecule has 0 bridgehead atoms. The molecule has 0 spiro atoms. The summed E-state index contributed by atoms with van der Waals surface area (Å²) in [5, 5.41) is 4.47. The third-order valence-electron chi connectivity index (χ3n) is 3.14. The predicted molar refractivity (Wildman–Crippen MR) is 73.3 cm³/mol. The molecule has 19 heavy (non-hydrogen) atoms. The molecule has 0 fully saturated rings. The van der Waals surface area contributed by atoms with Crippen LogP contribution in [0.1, 0.15) is 5.56 Å². The van der Waals surface area contributed by atoms with Crippen molar-refractivity contribution in [3.63, 3.8) is 0 Å². The molecule has 0 aliphatic carbocycles. The van der Waals surface area contributed by atoms with E-state index in [1.54, 1.807) is 23.3 Å². The van der Waals surface area contributed by atoms with E-state index in [2.05, 4.69) is 10.1 Å². The summed E-state index contributed by atoms with van der Waals surface area (Å²) in [5.41, 5.74) is 9.78. The molecular weight excluding hydrogens is 240 g/mol. The Bertz CT molecular complexity index is 712. The Labute approximate surface area is 110 Å². The number of nitrogen functional groups attached to an aromatic ring is 1. The lowest BCUT2D eigenvalue weighted by molar-refractivity contribution is 0.576. The van der Waals surface area contributed by atoms with Crippen molar-refractivity contribution in [2.75, 3.05) is 5.73 Å². The van der Waals surface area contributed by atoms with E-state index in [-0.39, 0.29) is 0 Å². The summed E-state index contributed by atoms with van der Waals surface area (Å²) in [7, 11) is 1.82. The maximum absolute atomic E-state index is 6.13. The molecule has 3 aromatic rings. The lowest BCUT2D eigenvalue weighted by Gasteiger charge is -2.02. The first-order valence-electron chi connectivity index (χ1n) is 5.96. The van der Waals surface area contributed by atoms with Crippen LogP contribution in [0.15, 0.2) is 41.3 Å². The van der Waals surface area contributed by atoms with Crippen LogP contribution in [0.25, 0.3) is 22.6 Å². The van der Waals surface area contributed by atoms with Crippen molar-refractivity contribution < 1.29 is 4.42 Å². The van der Waals surface area contributed by atoms with Gasteiger partial charge in [0, 0.05) is 19.4 Å². The number of hydrogen-bond acceptors (Lipinski definition) is 4. The number of pyridine rings is 1. The van der Waals surface area contributed by atoms with Crippen LogP contribution < -0.4 is 5.73 Å². The minimum Gasteiger partial charge on any atom is -0.462 e. The van der Waals surface area contributed by atoms with Crippen molar-refractivity contribution in [3.05, 3.63) is 42.4 Å². The Kier molecular flexibility index (Phi) is 2.59. The molecule has 0 aromatic carbocycles. The number of nitrogens with zero attached hydrogens (tertiary/aromatic N) is 3. The zero-order chi connectivity index (χ0) is 13.4. The van der Waals surface area contributed by atoms with Gasteiger partial charge in [0.1, 0.15) is 11.5 Å². The molecule has 0 saturated carbocycles. The quantitative estimate of drug-likeness (QED) is 0.763. The Morgan fingerprint density at radius 2 is 1.95 bits per heavy atom. The molecule has 3 rings (SSSR count). The van der Waals surface area contributed by atoms with Gasteiger partial charge >= 0.3 is 0 Å². The smallest absolute Gasteiger partial charge is 0.157 e. The first-order valence-corrected chi connectivity index (χ1v) is 5.96. The van der Waals surface area contributed by atoms with Gasteiger partial charge in [0.15, 0.2) is 5.76 Å². The van der Waals surface area contributed by atoms with Gasteiger partial charge in [-0.25, -0.2) is 0 Å². The maximum Gasteiger partial charge on any atom is 0.157 e. The van der Waals surface area contributed by atoms with Crippen molar-refractivity contribution in [2.45, 2.75) is 6.92 Å². The number of hydrogen-bond donors (Lipinski definition) is 1. The van der Waals surface area contributed by atoms with Crippen LogP contribution in [0, 0.1) is 6.92 Å². The molecule has 5 heteroatoms. The van der Waals surface area contributed by atoms with Gasteiger partial charge < -0.3 is 10.2 Å². The number of furan rings is 1. The molecule has 96 valence electrons. The first kappa shape index (κ1) is 11.5. The molecular formula is C14H14N4O. The molecule has 0 aliphatic heterocycles. The van der Waals surface area contributed by atoms with Crippen molar-refractivity contribution in [2.24, 2.45) is 7.05 Å². The molecule has 2 N–H and O–H groups in total. The fraction of sp³-hybridized carbons (Fsp3) is 0.143. The highest BCUT2D eigenvalue weighted by Gasteiger charge is 2.20. The number of aryl methyl sites for hydroxylation is 2. The van der Waals surface area contributed by atoms with E-state index in [1.807, 2.05) is 32.2 Å². The van der Waals surface area contributed by atoms with Gasteiger partial charge in [-0.2, -0.15) is 5.10 Å². The largest absolute Gasteiger partial charge is 0.462 e.